The number of rotatable bonds is 7. The van der Waals surface area contributed by atoms with Crippen molar-refractivity contribution in [3.8, 4) is 5.75 Å². The highest BCUT2D eigenvalue weighted by Crippen LogP contribution is 2.29. The maximum atomic E-state index is 14.0. The molecule has 4 atom stereocenters. The number of hydrogen-bond donors (Lipinski definition) is 3. The Morgan fingerprint density at radius 1 is 1.15 bits per heavy atom. The number of fused-ring (bicyclic) bond motifs is 1. The molecule has 1 aliphatic rings. The van der Waals surface area contributed by atoms with Gasteiger partial charge in [0, 0.05) is 31.3 Å². The molecule has 0 radical (unpaired) electrons. The minimum Gasteiger partial charge on any atom is -0.490 e. The fourth-order valence-electron chi connectivity index (χ4n) is 4.51. The van der Waals surface area contributed by atoms with E-state index in [2.05, 4.69) is 10.0 Å². The Hall–Kier alpha value is -2.73. The molecule has 0 saturated heterocycles. The summed E-state index contributed by atoms with van der Waals surface area (Å²) in [7, 11) is -2.18. The number of nitrogens with one attached hydrogen (secondary N) is 2. The average Bonchev–Trinajstić information content (AvgIpc) is 2.90. The normalized spacial score (nSPS) is 22.4. The number of carbonyl (C=O) groups is 1. The van der Waals surface area contributed by atoms with Crippen molar-refractivity contribution in [1.29, 1.82) is 0 Å². The Kier molecular flexibility index (Phi) is 11.1. The van der Waals surface area contributed by atoms with Crippen LogP contribution in [0.2, 0.25) is 0 Å². The summed E-state index contributed by atoms with van der Waals surface area (Å²) in [4.78, 5) is 15.5. The van der Waals surface area contributed by atoms with E-state index in [1.54, 1.807) is 17.9 Å². The maximum absolute atomic E-state index is 14.0. The molecule has 1 aliphatic heterocycles. The van der Waals surface area contributed by atoms with Gasteiger partial charge in [0.1, 0.15) is 11.6 Å². The molecule has 2 aromatic rings. The lowest BCUT2D eigenvalue weighted by molar-refractivity contribution is -0.000450. The van der Waals surface area contributed by atoms with Gasteiger partial charge < -0.3 is 24.8 Å². The van der Waals surface area contributed by atoms with E-state index < -0.39 is 27.8 Å². The number of aliphatic hydroxyl groups is 1. The van der Waals surface area contributed by atoms with Gasteiger partial charge in [0.2, 0.25) is 0 Å². The lowest BCUT2D eigenvalue weighted by Crippen LogP contribution is -2.47. The van der Waals surface area contributed by atoms with Crippen molar-refractivity contribution in [3.63, 3.8) is 0 Å². The Labute approximate surface area is 230 Å². The van der Waals surface area contributed by atoms with Crippen LogP contribution in [0.3, 0.4) is 0 Å². The summed E-state index contributed by atoms with van der Waals surface area (Å²) in [5.41, 5.74) is 0.335. The van der Waals surface area contributed by atoms with Crippen LogP contribution in [-0.4, -0.2) is 75.9 Å². The van der Waals surface area contributed by atoms with Gasteiger partial charge in [-0.15, -0.1) is 0 Å². The fraction of sp³-hybridized carbons (Fsp3) is 0.536. The molecule has 0 bridgehead atoms. The number of sulfonamides is 1. The van der Waals surface area contributed by atoms with Gasteiger partial charge >= 0.3 is 0 Å². The first-order valence-electron chi connectivity index (χ1n) is 13.3. The SMILES string of the molecule is CNC[C@@H]1OCCCC[C@H](C)Oc2ccc(NS(=O)(=O)c3ccc(F)cc3)cc2C(=O)N([C@@H](C)CO)C[C@H]1C. The topological polar surface area (TPSA) is 117 Å². The number of halogens is 1. The van der Waals surface area contributed by atoms with Crippen molar-refractivity contribution in [2.24, 2.45) is 5.92 Å². The molecule has 9 nitrogen and oxygen atoms in total. The zero-order valence-corrected chi connectivity index (χ0v) is 23.8. The van der Waals surface area contributed by atoms with Crippen molar-refractivity contribution in [2.75, 3.05) is 38.1 Å². The standard InChI is InChI=1S/C28H40FN3O6S/c1-19-17-32(20(2)18-33)28(34)25-15-23(31-39(35,36)24-11-8-22(29)9-12-24)10-13-26(25)38-21(3)7-5-6-14-37-27(19)16-30-4/h8-13,15,19-21,27,30-31,33H,5-7,14,16-18H2,1-4H3/t19-,20+,21+,27+/m1/s1. The first-order valence-corrected chi connectivity index (χ1v) is 14.8. The van der Waals surface area contributed by atoms with Crippen LogP contribution in [-0.2, 0) is 14.8 Å². The number of anilines is 1. The largest absolute Gasteiger partial charge is 0.490 e. The maximum Gasteiger partial charge on any atom is 0.261 e. The summed E-state index contributed by atoms with van der Waals surface area (Å²) in [6, 6.07) is 8.52. The van der Waals surface area contributed by atoms with Gasteiger partial charge in [-0.05, 0) is 82.6 Å². The van der Waals surface area contributed by atoms with Crippen LogP contribution in [0.25, 0.3) is 0 Å². The molecule has 1 amide bonds. The van der Waals surface area contributed by atoms with E-state index in [0.717, 1.165) is 31.4 Å². The first-order chi connectivity index (χ1) is 18.6. The van der Waals surface area contributed by atoms with Gasteiger partial charge in [-0.25, -0.2) is 12.8 Å². The van der Waals surface area contributed by atoms with Gasteiger partial charge in [-0.3, -0.25) is 9.52 Å². The number of carbonyl (C=O) groups excluding carboxylic acids is 1. The smallest absolute Gasteiger partial charge is 0.261 e. The van der Waals surface area contributed by atoms with E-state index in [0.29, 0.717) is 25.4 Å². The third-order valence-electron chi connectivity index (χ3n) is 6.83. The lowest BCUT2D eigenvalue weighted by atomic mass is 10.0. The first kappa shape index (κ1) is 30.8. The molecule has 0 unspecified atom stereocenters. The van der Waals surface area contributed by atoms with Crippen molar-refractivity contribution in [3.05, 3.63) is 53.8 Å². The zero-order chi connectivity index (χ0) is 28.6. The van der Waals surface area contributed by atoms with Crippen LogP contribution < -0.4 is 14.8 Å². The Bertz CT molecular complexity index is 1190. The average molecular weight is 566 g/mol. The minimum atomic E-state index is -4.04. The monoisotopic (exact) mass is 565 g/mol. The summed E-state index contributed by atoms with van der Waals surface area (Å²) >= 11 is 0. The number of likely N-dealkylation sites (N-methyl/N-ethyl adjacent to an activating group) is 1. The molecule has 0 aromatic heterocycles. The van der Waals surface area contributed by atoms with Gasteiger partial charge in [-0.1, -0.05) is 6.92 Å². The molecule has 11 heteroatoms. The Morgan fingerprint density at radius 2 is 1.87 bits per heavy atom. The second kappa shape index (κ2) is 14.1. The van der Waals surface area contributed by atoms with Crippen molar-refractivity contribution in [1.82, 2.24) is 10.2 Å². The summed E-state index contributed by atoms with van der Waals surface area (Å²) in [5, 5.41) is 13.1. The van der Waals surface area contributed by atoms with Crippen molar-refractivity contribution in [2.45, 2.75) is 63.2 Å². The van der Waals surface area contributed by atoms with Crippen LogP contribution in [0.5, 0.6) is 5.75 Å². The summed E-state index contributed by atoms with van der Waals surface area (Å²) in [5.74, 6) is -0.664. The third-order valence-corrected chi connectivity index (χ3v) is 8.23. The molecule has 3 rings (SSSR count). The molecule has 1 heterocycles. The number of ether oxygens (including phenoxy) is 2. The van der Waals surface area contributed by atoms with Crippen molar-refractivity contribution < 1.29 is 32.2 Å². The summed E-state index contributed by atoms with van der Waals surface area (Å²) in [6.45, 7) is 6.96. The number of benzene rings is 2. The lowest BCUT2D eigenvalue weighted by Gasteiger charge is -2.34. The second-order valence-electron chi connectivity index (χ2n) is 10.1. The van der Waals surface area contributed by atoms with Crippen LogP contribution in [0.1, 0.15) is 50.4 Å². The van der Waals surface area contributed by atoms with Gasteiger partial charge in [0.15, 0.2) is 0 Å². The molecular weight excluding hydrogens is 525 g/mol. The highest BCUT2D eigenvalue weighted by atomic mass is 32.2. The molecule has 0 saturated carbocycles. The van der Waals surface area contributed by atoms with E-state index in [1.807, 2.05) is 20.9 Å². The zero-order valence-electron chi connectivity index (χ0n) is 23.0. The van der Waals surface area contributed by atoms with E-state index >= 15 is 0 Å². The van der Waals surface area contributed by atoms with Crippen LogP contribution >= 0.6 is 0 Å². The number of hydrogen-bond acceptors (Lipinski definition) is 7. The van der Waals surface area contributed by atoms with E-state index in [1.165, 1.54) is 24.3 Å². The molecular formula is C28H40FN3O6S. The minimum absolute atomic E-state index is 0.0539. The predicted molar refractivity (Wildman–Crippen MR) is 148 cm³/mol. The fourth-order valence-corrected chi connectivity index (χ4v) is 5.55. The molecule has 216 valence electrons. The molecule has 0 fully saturated rings. The molecule has 3 N–H and O–H groups in total. The Morgan fingerprint density at radius 3 is 2.54 bits per heavy atom. The van der Waals surface area contributed by atoms with Crippen molar-refractivity contribution >= 4 is 21.6 Å². The van der Waals surface area contributed by atoms with Crippen LogP contribution in [0.4, 0.5) is 10.1 Å². The molecule has 2 aromatic carbocycles. The molecule has 0 spiro atoms. The molecule has 0 aliphatic carbocycles. The van der Waals surface area contributed by atoms with Gasteiger partial charge in [0.05, 0.1) is 35.3 Å². The van der Waals surface area contributed by atoms with E-state index in [4.69, 9.17) is 9.47 Å². The number of aliphatic hydroxyl groups excluding tert-OH is 1. The second-order valence-corrected chi connectivity index (χ2v) is 11.8. The van der Waals surface area contributed by atoms with Crippen LogP contribution in [0, 0.1) is 11.7 Å². The highest BCUT2D eigenvalue weighted by molar-refractivity contribution is 7.92. The quantitative estimate of drug-likeness (QED) is 0.469. The van der Waals surface area contributed by atoms with Gasteiger partial charge in [-0.2, -0.15) is 0 Å². The third kappa shape index (κ3) is 8.38. The van der Waals surface area contributed by atoms with Gasteiger partial charge in [0.25, 0.3) is 15.9 Å². The predicted octanol–water partition coefficient (Wildman–Crippen LogP) is 3.64. The van der Waals surface area contributed by atoms with E-state index in [-0.39, 0.29) is 40.9 Å². The Balaban J connectivity index is 2.02. The number of nitrogens with zero attached hydrogens (tertiary/aromatic N) is 1. The van der Waals surface area contributed by atoms with Crippen LogP contribution in [0.15, 0.2) is 47.4 Å². The highest BCUT2D eigenvalue weighted by Gasteiger charge is 2.30. The summed E-state index contributed by atoms with van der Waals surface area (Å²) in [6.07, 6.45) is 2.17. The number of amides is 1. The molecule has 39 heavy (non-hydrogen) atoms. The summed E-state index contributed by atoms with van der Waals surface area (Å²) < 4.78 is 54.0. The van der Waals surface area contributed by atoms with E-state index in [9.17, 15) is 22.7 Å².